The monoisotopic (exact) mass is 307 g/mol. The maximum atomic E-state index is 12.1. The molecule has 1 fully saturated rings. The van der Waals surface area contributed by atoms with E-state index in [4.69, 9.17) is 4.74 Å². The molecule has 3 nitrogen and oxygen atoms in total. The van der Waals surface area contributed by atoms with Gasteiger partial charge in [-0.05, 0) is 53.4 Å². The number of fused-ring (bicyclic) bond motifs is 1. The van der Waals surface area contributed by atoms with Crippen LogP contribution in [0.3, 0.4) is 0 Å². The van der Waals surface area contributed by atoms with Gasteiger partial charge < -0.3 is 9.14 Å². The molecule has 1 saturated carbocycles. The fraction of sp³-hybridized carbons (Fsp3) is 0.357. The molecule has 0 atom stereocenters. The van der Waals surface area contributed by atoms with Crippen LogP contribution in [0.5, 0.6) is 0 Å². The van der Waals surface area contributed by atoms with Gasteiger partial charge in [0.1, 0.15) is 5.41 Å². The average Bonchev–Trinajstić information content (AvgIpc) is 3.15. The highest BCUT2D eigenvalue weighted by atomic mass is 79.9. The van der Waals surface area contributed by atoms with Crippen LogP contribution in [0.25, 0.3) is 5.52 Å². The Bertz CT molecular complexity index is 641. The Hall–Kier alpha value is -1.29. The summed E-state index contributed by atoms with van der Waals surface area (Å²) >= 11 is 3.62. The standard InChI is InChI=1S/C14H14BrNO2/c1-9-11(15)10-5-3-4-8-16(10)12(9)14(6-7-14)13(17)18-2/h3-5,8H,6-7H2,1-2H3. The molecule has 94 valence electrons. The highest BCUT2D eigenvalue weighted by Crippen LogP contribution is 2.52. The summed E-state index contributed by atoms with van der Waals surface area (Å²) in [7, 11) is 1.46. The number of hydrogen-bond donors (Lipinski definition) is 0. The van der Waals surface area contributed by atoms with Crippen molar-refractivity contribution in [3.8, 4) is 0 Å². The molecule has 0 radical (unpaired) electrons. The quantitative estimate of drug-likeness (QED) is 0.798. The van der Waals surface area contributed by atoms with Crippen LogP contribution in [0.15, 0.2) is 28.9 Å². The summed E-state index contributed by atoms with van der Waals surface area (Å²) < 4.78 is 8.14. The summed E-state index contributed by atoms with van der Waals surface area (Å²) in [5.41, 5.74) is 2.86. The van der Waals surface area contributed by atoms with Crippen LogP contribution in [0.4, 0.5) is 0 Å². The van der Waals surface area contributed by atoms with Crippen molar-refractivity contribution in [1.82, 2.24) is 4.40 Å². The van der Waals surface area contributed by atoms with Gasteiger partial charge in [0.05, 0.1) is 12.6 Å². The van der Waals surface area contributed by atoms with Crippen LogP contribution in [0.1, 0.15) is 24.1 Å². The van der Waals surface area contributed by atoms with Crippen molar-refractivity contribution in [2.45, 2.75) is 25.2 Å². The summed E-state index contributed by atoms with van der Waals surface area (Å²) in [5, 5.41) is 0. The number of aromatic nitrogens is 1. The van der Waals surface area contributed by atoms with Crippen LogP contribution < -0.4 is 0 Å². The third-order valence-corrected chi connectivity index (χ3v) is 4.79. The van der Waals surface area contributed by atoms with Crippen molar-refractivity contribution in [2.24, 2.45) is 0 Å². The van der Waals surface area contributed by atoms with E-state index in [-0.39, 0.29) is 5.97 Å². The Labute approximate surface area is 114 Å². The third kappa shape index (κ3) is 1.38. The molecule has 0 spiro atoms. The Morgan fingerprint density at radius 1 is 1.44 bits per heavy atom. The molecule has 2 aromatic rings. The topological polar surface area (TPSA) is 30.7 Å². The average molecular weight is 308 g/mol. The minimum Gasteiger partial charge on any atom is -0.468 e. The lowest BCUT2D eigenvalue weighted by Gasteiger charge is -2.14. The number of rotatable bonds is 2. The second kappa shape index (κ2) is 3.85. The predicted octanol–water partition coefficient (Wildman–Crippen LogP) is 3.21. The predicted molar refractivity (Wildman–Crippen MR) is 72.8 cm³/mol. The van der Waals surface area contributed by atoms with E-state index in [1.165, 1.54) is 7.11 Å². The number of esters is 1. The van der Waals surface area contributed by atoms with Gasteiger partial charge in [-0.15, -0.1) is 0 Å². The van der Waals surface area contributed by atoms with Crippen molar-refractivity contribution >= 4 is 27.4 Å². The van der Waals surface area contributed by atoms with Crippen LogP contribution >= 0.6 is 15.9 Å². The highest BCUT2D eigenvalue weighted by molar-refractivity contribution is 9.10. The highest BCUT2D eigenvalue weighted by Gasteiger charge is 2.55. The molecular formula is C14H14BrNO2. The lowest BCUT2D eigenvalue weighted by molar-refractivity contribution is -0.143. The van der Waals surface area contributed by atoms with E-state index in [2.05, 4.69) is 27.3 Å². The number of ether oxygens (including phenoxy) is 1. The Morgan fingerprint density at radius 2 is 2.17 bits per heavy atom. The Kier molecular flexibility index (Phi) is 2.52. The molecule has 2 heterocycles. The first-order valence-corrected chi connectivity index (χ1v) is 6.75. The lowest BCUT2D eigenvalue weighted by atomic mass is 9.99. The van der Waals surface area contributed by atoms with Crippen molar-refractivity contribution in [2.75, 3.05) is 7.11 Å². The summed E-state index contributed by atoms with van der Waals surface area (Å²) in [6.07, 6.45) is 3.74. The molecule has 4 heteroatoms. The third-order valence-electron chi connectivity index (χ3n) is 3.79. The van der Waals surface area contributed by atoms with E-state index >= 15 is 0 Å². The summed E-state index contributed by atoms with van der Waals surface area (Å²) in [5.74, 6) is -0.124. The van der Waals surface area contributed by atoms with Crippen LogP contribution in [0, 0.1) is 6.92 Å². The van der Waals surface area contributed by atoms with Gasteiger partial charge in [0, 0.05) is 16.4 Å². The Morgan fingerprint density at radius 3 is 2.78 bits per heavy atom. The van der Waals surface area contributed by atoms with Crippen molar-refractivity contribution in [3.63, 3.8) is 0 Å². The molecule has 0 unspecified atom stereocenters. The lowest BCUT2D eigenvalue weighted by Crippen LogP contribution is -2.24. The van der Waals surface area contributed by atoms with Crippen LogP contribution in [-0.4, -0.2) is 17.5 Å². The van der Waals surface area contributed by atoms with Crippen molar-refractivity contribution in [1.29, 1.82) is 0 Å². The fourth-order valence-corrected chi connectivity index (χ4v) is 3.25. The number of carbonyl (C=O) groups excluding carboxylic acids is 1. The number of methoxy groups -OCH3 is 1. The first-order chi connectivity index (χ1) is 8.62. The van der Waals surface area contributed by atoms with Crippen LogP contribution in [0.2, 0.25) is 0 Å². The molecule has 3 rings (SSSR count). The number of halogens is 1. The molecule has 1 aliphatic rings. The van der Waals surface area contributed by atoms with E-state index in [1.807, 2.05) is 24.4 Å². The van der Waals surface area contributed by atoms with Crippen molar-refractivity contribution in [3.05, 3.63) is 40.1 Å². The molecule has 0 bridgehead atoms. The number of nitrogens with zero attached hydrogens (tertiary/aromatic N) is 1. The first kappa shape index (κ1) is 11.8. The molecule has 2 aromatic heterocycles. The van der Waals surface area contributed by atoms with Crippen molar-refractivity contribution < 1.29 is 9.53 Å². The first-order valence-electron chi connectivity index (χ1n) is 5.96. The molecule has 0 saturated heterocycles. The molecule has 0 N–H and O–H groups in total. The zero-order valence-electron chi connectivity index (χ0n) is 10.4. The fourth-order valence-electron chi connectivity index (χ4n) is 2.74. The normalized spacial score (nSPS) is 16.8. The molecular weight excluding hydrogens is 294 g/mol. The minimum absolute atomic E-state index is 0.124. The number of hydrogen-bond acceptors (Lipinski definition) is 2. The largest absolute Gasteiger partial charge is 0.468 e. The van der Waals surface area contributed by atoms with Gasteiger partial charge >= 0.3 is 5.97 Å². The summed E-state index contributed by atoms with van der Waals surface area (Å²) in [6, 6.07) is 6.03. The van der Waals surface area contributed by atoms with Gasteiger partial charge in [-0.2, -0.15) is 0 Å². The maximum absolute atomic E-state index is 12.1. The molecule has 18 heavy (non-hydrogen) atoms. The minimum atomic E-state index is -0.435. The van der Waals surface area contributed by atoms with Gasteiger partial charge in [-0.25, -0.2) is 0 Å². The van der Waals surface area contributed by atoms with E-state index in [1.54, 1.807) is 0 Å². The number of carbonyl (C=O) groups is 1. The van der Waals surface area contributed by atoms with E-state index in [0.717, 1.165) is 34.1 Å². The smallest absolute Gasteiger partial charge is 0.317 e. The van der Waals surface area contributed by atoms with Gasteiger partial charge in [0.2, 0.25) is 0 Å². The maximum Gasteiger partial charge on any atom is 0.317 e. The molecule has 0 aromatic carbocycles. The summed E-state index contributed by atoms with van der Waals surface area (Å²) in [6.45, 7) is 2.05. The van der Waals surface area contributed by atoms with Gasteiger partial charge in [0.15, 0.2) is 0 Å². The van der Waals surface area contributed by atoms with Gasteiger partial charge in [-0.3, -0.25) is 4.79 Å². The molecule has 0 aliphatic heterocycles. The second-order valence-electron chi connectivity index (χ2n) is 4.82. The Balaban J connectivity index is 2.30. The number of pyridine rings is 1. The van der Waals surface area contributed by atoms with E-state index < -0.39 is 5.41 Å². The van der Waals surface area contributed by atoms with Crippen LogP contribution in [-0.2, 0) is 14.9 Å². The zero-order chi connectivity index (χ0) is 12.9. The van der Waals surface area contributed by atoms with E-state index in [0.29, 0.717) is 0 Å². The van der Waals surface area contributed by atoms with Gasteiger partial charge in [0.25, 0.3) is 0 Å². The molecule has 1 aliphatic carbocycles. The van der Waals surface area contributed by atoms with Gasteiger partial charge in [-0.1, -0.05) is 6.07 Å². The SMILES string of the molecule is COC(=O)C1(c2c(C)c(Br)c3ccccn23)CC1. The zero-order valence-corrected chi connectivity index (χ0v) is 12.0. The summed E-state index contributed by atoms with van der Waals surface area (Å²) in [4.78, 5) is 12.1. The molecule has 0 amide bonds. The van der Waals surface area contributed by atoms with E-state index in [9.17, 15) is 4.79 Å². The second-order valence-corrected chi connectivity index (χ2v) is 5.61.